The van der Waals surface area contributed by atoms with Gasteiger partial charge in [-0.05, 0) is 99.0 Å². The molecule has 1 atom stereocenters. The molecule has 4 rings (SSSR count). The number of halogens is 4. The van der Waals surface area contributed by atoms with Crippen molar-refractivity contribution >= 4 is 10.9 Å². The van der Waals surface area contributed by atoms with Crippen molar-refractivity contribution in [1.82, 2.24) is 9.88 Å². The first kappa shape index (κ1) is 28.3. The number of piperidine rings is 1. The largest absolute Gasteiger partial charge is 0.497 e. The number of aliphatic hydroxyl groups excluding tert-OH is 1. The summed E-state index contributed by atoms with van der Waals surface area (Å²) in [7, 11) is 1.56. The molecule has 0 spiro atoms. The number of fused-ring (bicyclic) bond motifs is 1. The third-order valence-corrected chi connectivity index (χ3v) is 7.90. The minimum absolute atomic E-state index is 0.0317. The van der Waals surface area contributed by atoms with Crippen molar-refractivity contribution in [2.45, 2.75) is 51.2 Å². The molecule has 0 radical (unpaired) electrons. The van der Waals surface area contributed by atoms with Crippen LogP contribution < -0.4 is 10.5 Å². The van der Waals surface area contributed by atoms with Crippen LogP contribution in [0.5, 0.6) is 5.75 Å². The first-order valence-electron chi connectivity index (χ1n) is 13.1. The molecule has 1 aliphatic rings. The smallest absolute Gasteiger partial charge is 0.162 e. The zero-order valence-corrected chi connectivity index (χ0v) is 21.7. The number of nitrogens with zero attached hydrogens (tertiary/aromatic N) is 2. The van der Waals surface area contributed by atoms with Crippen molar-refractivity contribution in [1.29, 1.82) is 0 Å². The Labute approximate surface area is 220 Å². The van der Waals surface area contributed by atoms with Gasteiger partial charge in [0, 0.05) is 36.4 Å². The van der Waals surface area contributed by atoms with Gasteiger partial charge in [-0.2, -0.15) is 0 Å². The number of hydrogen-bond donors (Lipinski definition) is 2. The maximum Gasteiger partial charge on any atom is 0.162 e. The Morgan fingerprint density at radius 2 is 1.89 bits per heavy atom. The van der Waals surface area contributed by atoms with Crippen molar-refractivity contribution < 1.29 is 27.4 Å². The molecule has 9 heteroatoms. The first-order chi connectivity index (χ1) is 18.3. The molecular weight excluding hydrogens is 498 g/mol. The maximum atomic E-state index is 15.8. The van der Waals surface area contributed by atoms with Gasteiger partial charge in [0.05, 0.1) is 12.6 Å². The lowest BCUT2D eigenvalue weighted by Gasteiger charge is -2.41. The Hall–Kier alpha value is -2.75. The molecule has 2 aromatic carbocycles. The van der Waals surface area contributed by atoms with Gasteiger partial charge in [0.15, 0.2) is 11.6 Å². The van der Waals surface area contributed by atoms with Crippen LogP contribution in [0.15, 0.2) is 36.5 Å². The van der Waals surface area contributed by atoms with Gasteiger partial charge in [-0.1, -0.05) is 0 Å². The number of pyridine rings is 1. The van der Waals surface area contributed by atoms with Crippen LogP contribution in [0.1, 0.15) is 55.0 Å². The summed E-state index contributed by atoms with van der Waals surface area (Å²) in [6.45, 7) is 2.20. The fourth-order valence-electron chi connectivity index (χ4n) is 5.49. The van der Waals surface area contributed by atoms with Crippen molar-refractivity contribution in [2.75, 3.05) is 33.4 Å². The number of likely N-dealkylation sites (tertiary alicyclic amines) is 1. The number of benzene rings is 2. The second kappa shape index (κ2) is 12.4. The summed E-state index contributed by atoms with van der Waals surface area (Å²) in [5.74, 6) is -2.34. The number of aryl methyl sites for hydroxylation is 1. The van der Waals surface area contributed by atoms with Crippen LogP contribution in [0, 0.1) is 22.9 Å². The normalized spacial score (nSPS) is 16.6. The van der Waals surface area contributed by atoms with Gasteiger partial charge in [-0.15, -0.1) is 0 Å². The first-order valence-corrected chi connectivity index (χ1v) is 13.1. The van der Waals surface area contributed by atoms with E-state index in [4.69, 9.17) is 10.5 Å². The molecule has 5 nitrogen and oxygen atoms in total. The minimum Gasteiger partial charge on any atom is -0.497 e. The molecule has 1 aromatic heterocycles. The van der Waals surface area contributed by atoms with E-state index in [-0.39, 0.29) is 37.0 Å². The molecule has 2 heterocycles. The lowest BCUT2D eigenvalue weighted by Crippen LogP contribution is -2.42. The quantitative estimate of drug-likeness (QED) is 0.247. The fourth-order valence-corrected chi connectivity index (χ4v) is 5.49. The van der Waals surface area contributed by atoms with E-state index in [0.29, 0.717) is 79.2 Å². The van der Waals surface area contributed by atoms with E-state index in [1.165, 1.54) is 0 Å². The van der Waals surface area contributed by atoms with Crippen LogP contribution in [-0.4, -0.2) is 48.3 Å². The SMILES string of the molecule is COc1ccc2ncc(CN)c(C(F)CCC3(CO)CCN(CCCc4cc(F)cc(F)c4F)CC3)c2c1. The second-order valence-corrected chi connectivity index (χ2v) is 10.3. The van der Waals surface area contributed by atoms with E-state index in [0.717, 1.165) is 6.07 Å². The number of methoxy groups -OCH3 is 1. The lowest BCUT2D eigenvalue weighted by molar-refractivity contribution is 0.0299. The van der Waals surface area contributed by atoms with E-state index in [9.17, 15) is 18.3 Å². The topological polar surface area (TPSA) is 71.6 Å². The Bertz CT molecular complexity index is 1240. The number of aliphatic hydroxyl groups is 1. The van der Waals surface area contributed by atoms with E-state index in [2.05, 4.69) is 9.88 Å². The van der Waals surface area contributed by atoms with Gasteiger partial charge in [0.2, 0.25) is 0 Å². The Morgan fingerprint density at radius 3 is 2.58 bits per heavy atom. The molecule has 3 aromatic rings. The standard InChI is InChI=1S/C29H35F4N3O2/c1-38-22-4-5-26-23(15-22)27(20(16-34)17-35-26)24(31)6-7-29(18-37)8-11-36(12-9-29)10-2-3-19-13-21(30)14-25(32)28(19)33/h4-5,13-15,17,24,37H,2-3,6-12,16,18,34H2,1H3. The van der Waals surface area contributed by atoms with Gasteiger partial charge < -0.3 is 20.5 Å². The summed E-state index contributed by atoms with van der Waals surface area (Å²) in [6, 6.07) is 6.96. The molecule has 1 saturated heterocycles. The van der Waals surface area contributed by atoms with E-state index < -0.39 is 23.6 Å². The van der Waals surface area contributed by atoms with Crippen LogP contribution in [0.3, 0.4) is 0 Å². The molecule has 38 heavy (non-hydrogen) atoms. The van der Waals surface area contributed by atoms with Gasteiger partial charge >= 0.3 is 0 Å². The highest BCUT2D eigenvalue weighted by molar-refractivity contribution is 5.85. The zero-order valence-electron chi connectivity index (χ0n) is 21.7. The molecule has 0 saturated carbocycles. The number of hydrogen-bond acceptors (Lipinski definition) is 5. The average molecular weight is 534 g/mol. The summed E-state index contributed by atoms with van der Waals surface area (Å²) >= 11 is 0. The molecule has 206 valence electrons. The second-order valence-electron chi connectivity index (χ2n) is 10.3. The van der Waals surface area contributed by atoms with Gasteiger partial charge in [0.1, 0.15) is 17.7 Å². The van der Waals surface area contributed by atoms with Crippen LogP contribution in [-0.2, 0) is 13.0 Å². The van der Waals surface area contributed by atoms with Crippen LogP contribution in [0.4, 0.5) is 17.6 Å². The monoisotopic (exact) mass is 533 g/mol. The highest BCUT2D eigenvalue weighted by atomic mass is 19.2. The minimum atomic E-state index is -1.27. The predicted octanol–water partition coefficient (Wildman–Crippen LogP) is 5.62. The summed E-state index contributed by atoms with van der Waals surface area (Å²) in [6.07, 6.45) is 3.31. The van der Waals surface area contributed by atoms with Crippen molar-refractivity contribution in [3.63, 3.8) is 0 Å². The molecular formula is C29H35F4N3O2. The molecule has 0 amide bonds. The van der Waals surface area contributed by atoms with Crippen LogP contribution in [0.2, 0.25) is 0 Å². The summed E-state index contributed by atoms with van der Waals surface area (Å²) in [4.78, 5) is 6.61. The third-order valence-electron chi connectivity index (χ3n) is 7.90. The van der Waals surface area contributed by atoms with E-state index >= 15 is 4.39 Å². The van der Waals surface area contributed by atoms with Crippen LogP contribution >= 0.6 is 0 Å². The van der Waals surface area contributed by atoms with Crippen molar-refractivity contribution in [3.8, 4) is 5.75 Å². The number of aromatic nitrogens is 1. The average Bonchev–Trinajstić information content (AvgIpc) is 2.94. The molecule has 1 unspecified atom stereocenters. The van der Waals surface area contributed by atoms with E-state index in [1.54, 1.807) is 31.5 Å². The van der Waals surface area contributed by atoms with Gasteiger partial charge in [-0.25, -0.2) is 17.6 Å². The van der Waals surface area contributed by atoms with Crippen molar-refractivity contribution in [3.05, 3.63) is 70.7 Å². The Balaban J connectivity index is 1.35. The summed E-state index contributed by atoms with van der Waals surface area (Å²) in [5, 5.41) is 10.9. The Morgan fingerprint density at radius 1 is 1.13 bits per heavy atom. The maximum absolute atomic E-state index is 15.8. The Kier molecular flexibility index (Phi) is 9.23. The summed E-state index contributed by atoms with van der Waals surface area (Å²) in [5.41, 5.74) is 7.42. The molecule has 0 bridgehead atoms. The fraction of sp³-hybridized carbons (Fsp3) is 0.483. The highest BCUT2D eigenvalue weighted by Gasteiger charge is 2.35. The molecule has 3 N–H and O–H groups in total. The highest BCUT2D eigenvalue weighted by Crippen LogP contribution is 2.41. The lowest BCUT2D eigenvalue weighted by atomic mass is 9.74. The molecule has 0 aliphatic carbocycles. The third kappa shape index (κ3) is 6.27. The number of ether oxygens (including phenoxy) is 1. The van der Waals surface area contributed by atoms with E-state index in [1.807, 2.05) is 0 Å². The number of rotatable bonds is 11. The number of alkyl halides is 1. The predicted molar refractivity (Wildman–Crippen MR) is 139 cm³/mol. The van der Waals surface area contributed by atoms with Crippen LogP contribution in [0.25, 0.3) is 10.9 Å². The van der Waals surface area contributed by atoms with Crippen molar-refractivity contribution in [2.24, 2.45) is 11.1 Å². The summed E-state index contributed by atoms with van der Waals surface area (Å²) < 4.78 is 61.9. The zero-order chi connectivity index (χ0) is 27.3. The molecule has 1 aliphatic heterocycles. The molecule has 1 fully saturated rings. The number of nitrogens with two attached hydrogens (primary N) is 1. The van der Waals surface area contributed by atoms with Gasteiger partial charge in [0.25, 0.3) is 0 Å². The van der Waals surface area contributed by atoms with Gasteiger partial charge in [-0.3, -0.25) is 4.98 Å².